The van der Waals surface area contributed by atoms with Gasteiger partial charge in [0.2, 0.25) is 5.91 Å². The predicted molar refractivity (Wildman–Crippen MR) is 114 cm³/mol. The van der Waals surface area contributed by atoms with E-state index in [9.17, 15) is 9.18 Å². The summed E-state index contributed by atoms with van der Waals surface area (Å²) in [5, 5.41) is 1.07. The number of aryl methyl sites for hydroxylation is 1. The van der Waals surface area contributed by atoms with E-state index in [2.05, 4.69) is 25.9 Å². The molecule has 0 bridgehead atoms. The number of amides is 1. The van der Waals surface area contributed by atoms with Crippen molar-refractivity contribution in [1.82, 2.24) is 19.9 Å². The average Bonchev–Trinajstić information content (AvgIpc) is 3.48. The topological polar surface area (TPSA) is 65.1 Å². The molecule has 1 aliphatic carbocycles. The molecule has 3 aromatic rings. The van der Waals surface area contributed by atoms with Crippen LogP contribution in [0.15, 0.2) is 36.7 Å². The van der Waals surface area contributed by atoms with E-state index in [1.807, 2.05) is 4.90 Å². The van der Waals surface area contributed by atoms with Gasteiger partial charge in [0.25, 0.3) is 0 Å². The molecule has 2 aliphatic rings. The summed E-state index contributed by atoms with van der Waals surface area (Å²) in [6.07, 6.45) is 6.45. The molecule has 0 unspecified atom stereocenters. The first-order valence-corrected chi connectivity index (χ1v) is 10.8. The Kier molecular flexibility index (Phi) is 5.11. The SMILES string of the molecule is O=C(CCc1ccc(F)cc1)N1CCN(c2ncnc3[nH]c(CC4CC4)cc23)CC1. The van der Waals surface area contributed by atoms with Gasteiger partial charge in [-0.3, -0.25) is 4.79 Å². The van der Waals surface area contributed by atoms with Crippen LogP contribution in [0.1, 0.15) is 30.5 Å². The van der Waals surface area contributed by atoms with E-state index in [0.717, 1.165) is 47.8 Å². The van der Waals surface area contributed by atoms with Crippen molar-refractivity contribution in [3.8, 4) is 0 Å². The monoisotopic (exact) mass is 407 g/mol. The van der Waals surface area contributed by atoms with Gasteiger partial charge in [-0.25, -0.2) is 14.4 Å². The summed E-state index contributed by atoms with van der Waals surface area (Å²) in [6.45, 7) is 2.90. The average molecular weight is 407 g/mol. The van der Waals surface area contributed by atoms with Crippen LogP contribution < -0.4 is 4.90 Å². The third-order valence-corrected chi connectivity index (χ3v) is 6.14. The molecule has 1 N–H and O–H groups in total. The van der Waals surface area contributed by atoms with E-state index >= 15 is 0 Å². The van der Waals surface area contributed by atoms with Crippen LogP contribution in [0.5, 0.6) is 0 Å². The molecular formula is C23H26FN5O. The fourth-order valence-electron chi connectivity index (χ4n) is 4.20. The number of nitrogens with one attached hydrogen (secondary N) is 1. The van der Waals surface area contributed by atoms with Gasteiger partial charge in [0.05, 0.1) is 5.39 Å². The van der Waals surface area contributed by atoms with Gasteiger partial charge >= 0.3 is 0 Å². The summed E-state index contributed by atoms with van der Waals surface area (Å²) in [6, 6.07) is 8.57. The molecule has 7 heteroatoms. The number of nitrogens with zero attached hydrogens (tertiary/aromatic N) is 4. The van der Waals surface area contributed by atoms with Crippen LogP contribution >= 0.6 is 0 Å². The molecule has 0 spiro atoms. The summed E-state index contributed by atoms with van der Waals surface area (Å²) in [5.41, 5.74) is 3.12. The summed E-state index contributed by atoms with van der Waals surface area (Å²) < 4.78 is 13.0. The number of rotatable bonds is 6. The molecule has 5 rings (SSSR count). The maximum atomic E-state index is 13.0. The highest BCUT2D eigenvalue weighted by atomic mass is 19.1. The van der Waals surface area contributed by atoms with Crippen LogP contribution in [0.2, 0.25) is 0 Å². The van der Waals surface area contributed by atoms with E-state index in [1.165, 1.54) is 30.7 Å². The van der Waals surface area contributed by atoms with Gasteiger partial charge in [-0.1, -0.05) is 12.1 Å². The number of anilines is 1. The molecule has 1 saturated heterocycles. The zero-order valence-electron chi connectivity index (χ0n) is 17.0. The normalized spacial score (nSPS) is 17.0. The Morgan fingerprint density at radius 1 is 1.10 bits per heavy atom. The van der Waals surface area contributed by atoms with Crippen molar-refractivity contribution in [1.29, 1.82) is 0 Å². The van der Waals surface area contributed by atoms with Gasteiger partial charge in [0, 0.05) is 38.3 Å². The number of benzene rings is 1. The van der Waals surface area contributed by atoms with Gasteiger partial charge in [0.15, 0.2) is 0 Å². The second-order valence-electron chi connectivity index (χ2n) is 8.40. The molecule has 1 saturated carbocycles. The molecule has 2 aromatic heterocycles. The quantitative estimate of drug-likeness (QED) is 0.681. The van der Waals surface area contributed by atoms with Crippen molar-refractivity contribution in [3.63, 3.8) is 0 Å². The van der Waals surface area contributed by atoms with E-state index < -0.39 is 0 Å². The van der Waals surface area contributed by atoms with Gasteiger partial charge in [-0.05, 0) is 55.4 Å². The molecule has 1 aromatic carbocycles. The highest BCUT2D eigenvalue weighted by Crippen LogP contribution is 2.34. The Bertz CT molecular complexity index is 1040. The van der Waals surface area contributed by atoms with Crippen molar-refractivity contribution in [2.45, 2.75) is 32.1 Å². The number of aromatic nitrogens is 3. The fraction of sp³-hybridized carbons (Fsp3) is 0.435. The minimum absolute atomic E-state index is 0.153. The first kappa shape index (κ1) is 19.0. The lowest BCUT2D eigenvalue weighted by Crippen LogP contribution is -2.49. The van der Waals surface area contributed by atoms with Crippen LogP contribution in [-0.2, 0) is 17.6 Å². The third kappa shape index (κ3) is 4.15. The summed E-state index contributed by atoms with van der Waals surface area (Å²) in [7, 11) is 0. The first-order chi connectivity index (χ1) is 14.7. The molecular weight excluding hydrogens is 381 g/mol. The van der Waals surface area contributed by atoms with Crippen LogP contribution in [0, 0.1) is 11.7 Å². The predicted octanol–water partition coefficient (Wildman–Crippen LogP) is 3.33. The molecule has 1 amide bonds. The van der Waals surface area contributed by atoms with E-state index in [0.29, 0.717) is 25.9 Å². The Morgan fingerprint density at radius 2 is 1.87 bits per heavy atom. The van der Waals surface area contributed by atoms with Crippen LogP contribution in [-0.4, -0.2) is 51.9 Å². The molecule has 0 atom stereocenters. The van der Waals surface area contributed by atoms with Crippen LogP contribution in [0.4, 0.5) is 10.2 Å². The third-order valence-electron chi connectivity index (χ3n) is 6.14. The lowest BCUT2D eigenvalue weighted by molar-refractivity contribution is -0.131. The van der Waals surface area contributed by atoms with Gasteiger partial charge in [0.1, 0.15) is 23.6 Å². The maximum Gasteiger partial charge on any atom is 0.223 e. The van der Waals surface area contributed by atoms with Crippen molar-refractivity contribution in [2.75, 3.05) is 31.1 Å². The lowest BCUT2D eigenvalue weighted by Gasteiger charge is -2.35. The zero-order chi connectivity index (χ0) is 20.5. The first-order valence-electron chi connectivity index (χ1n) is 10.8. The van der Waals surface area contributed by atoms with Crippen molar-refractivity contribution >= 4 is 22.8 Å². The number of carbonyl (C=O) groups excluding carboxylic acids is 1. The van der Waals surface area contributed by atoms with E-state index in [4.69, 9.17) is 0 Å². The number of piperazine rings is 1. The fourth-order valence-corrected chi connectivity index (χ4v) is 4.20. The number of H-pyrrole nitrogens is 1. The molecule has 156 valence electrons. The van der Waals surface area contributed by atoms with Gasteiger partial charge in [-0.15, -0.1) is 0 Å². The lowest BCUT2D eigenvalue weighted by atomic mass is 10.1. The molecule has 0 radical (unpaired) electrons. The molecule has 1 aliphatic heterocycles. The molecule has 6 nitrogen and oxygen atoms in total. The van der Waals surface area contributed by atoms with Crippen molar-refractivity contribution in [3.05, 3.63) is 53.7 Å². The highest BCUT2D eigenvalue weighted by molar-refractivity contribution is 5.88. The second-order valence-corrected chi connectivity index (χ2v) is 8.40. The largest absolute Gasteiger partial charge is 0.352 e. The van der Waals surface area contributed by atoms with Crippen molar-refractivity contribution in [2.24, 2.45) is 5.92 Å². The summed E-state index contributed by atoms with van der Waals surface area (Å²) >= 11 is 0. The smallest absolute Gasteiger partial charge is 0.223 e. The van der Waals surface area contributed by atoms with E-state index in [-0.39, 0.29) is 11.7 Å². The Morgan fingerprint density at radius 3 is 2.60 bits per heavy atom. The van der Waals surface area contributed by atoms with Crippen LogP contribution in [0.3, 0.4) is 0 Å². The maximum absolute atomic E-state index is 13.0. The Labute approximate surface area is 175 Å². The second kappa shape index (κ2) is 8.05. The minimum atomic E-state index is -0.248. The number of aromatic amines is 1. The number of fused-ring (bicyclic) bond motifs is 1. The molecule has 2 fully saturated rings. The van der Waals surface area contributed by atoms with Gasteiger partial charge in [-0.2, -0.15) is 0 Å². The number of halogens is 1. The zero-order valence-corrected chi connectivity index (χ0v) is 17.0. The standard InChI is InChI=1S/C23H26FN5O/c24-18-6-3-16(4-7-18)5-8-21(30)28-9-11-29(12-10-28)23-20-14-19(13-17-1-2-17)27-22(20)25-15-26-23/h3-4,6-7,14-15,17H,1-2,5,8-13H2,(H,25,26,27). The summed E-state index contributed by atoms with van der Waals surface area (Å²) in [4.78, 5) is 29.2. The number of hydrogen-bond donors (Lipinski definition) is 1. The highest BCUT2D eigenvalue weighted by Gasteiger charge is 2.25. The minimum Gasteiger partial charge on any atom is -0.352 e. The molecule has 30 heavy (non-hydrogen) atoms. The van der Waals surface area contributed by atoms with Crippen molar-refractivity contribution < 1.29 is 9.18 Å². The summed E-state index contributed by atoms with van der Waals surface area (Å²) in [5.74, 6) is 1.68. The Hall–Kier alpha value is -2.96. The van der Waals surface area contributed by atoms with E-state index in [1.54, 1.807) is 18.5 Å². The molecule has 3 heterocycles. The van der Waals surface area contributed by atoms with Gasteiger partial charge < -0.3 is 14.8 Å². The Balaban J connectivity index is 1.19. The number of hydrogen-bond acceptors (Lipinski definition) is 4. The number of carbonyl (C=O) groups is 1. The van der Waals surface area contributed by atoms with Crippen LogP contribution in [0.25, 0.3) is 11.0 Å².